The fourth-order valence-electron chi connectivity index (χ4n) is 9.44. The highest BCUT2D eigenvalue weighted by atomic mass is 14.2. The Hall–Kier alpha value is -7.02. The van der Waals surface area contributed by atoms with Crippen LogP contribution in [0.1, 0.15) is 0 Å². The van der Waals surface area contributed by atoms with Crippen LogP contribution >= 0.6 is 0 Å². The Labute approximate surface area is 312 Å². The SMILES string of the molecule is c1ccc2cc(-c3ccc4cc(-c5c6ccccc6c(-c6ccc7ccc8cccc9ccc6c7c89)c6c5ccc5ccccc56)ccc4c3)ccc2c1. The smallest absolute Gasteiger partial charge is 0.00139 e. The molecule has 0 heteroatoms. The quantitative estimate of drug-likeness (QED) is 0.129. The molecule has 54 heavy (non-hydrogen) atoms. The molecule has 0 atom stereocenters. The first-order chi connectivity index (χ1) is 26.8. The van der Waals surface area contributed by atoms with Gasteiger partial charge in [0.15, 0.2) is 0 Å². The standard InChI is InChI=1S/C54H32/c1-2-10-38-30-39(19-16-33(38)8-1)40-20-21-42-32-43(23-22-41(42)31-40)51-45-14-5-6-15-46(45)54(53-44-13-4-3-9-34(44)24-29-49(51)53)48-28-26-37-18-17-35-11-7-12-36-25-27-47(48)52(37)50(35)36/h1-32H. The third kappa shape index (κ3) is 4.26. The summed E-state index contributed by atoms with van der Waals surface area (Å²) in [7, 11) is 0. The van der Waals surface area contributed by atoms with Crippen molar-refractivity contribution in [1.29, 1.82) is 0 Å². The molecule has 0 radical (unpaired) electrons. The molecule has 12 aromatic rings. The van der Waals surface area contributed by atoms with Gasteiger partial charge in [-0.05, 0) is 138 Å². The van der Waals surface area contributed by atoms with Crippen LogP contribution in [0.3, 0.4) is 0 Å². The van der Waals surface area contributed by atoms with Crippen LogP contribution < -0.4 is 0 Å². The maximum absolute atomic E-state index is 2.39. The van der Waals surface area contributed by atoms with Gasteiger partial charge in [-0.15, -0.1) is 0 Å². The molecule has 0 heterocycles. The van der Waals surface area contributed by atoms with Crippen molar-refractivity contribution in [3.05, 3.63) is 194 Å². The molecular formula is C54H32. The predicted octanol–water partition coefficient (Wildman–Crippen LogP) is 15.4. The molecule has 0 aliphatic rings. The number of rotatable bonds is 3. The summed E-state index contributed by atoms with van der Waals surface area (Å²) in [6.07, 6.45) is 0. The van der Waals surface area contributed by atoms with Gasteiger partial charge in [-0.25, -0.2) is 0 Å². The van der Waals surface area contributed by atoms with Crippen molar-refractivity contribution in [3.63, 3.8) is 0 Å². The minimum absolute atomic E-state index is 1.24. The minimum atomic E-state index is 1.24. The molecule has 0 nitrogen and oxygen atoms in total. The number of fused-ring (bicyclic) bond motifs is 6. The van der Waals surface area contributed by atoms with E-state index in [1.165, 1.54) is 120 Å². The zero-order valence-electron chi connectivity index (χ0n) is 29.5. The van der Waals surface area contributed by atoms with E-state index in [1.54, 1.807) is 0 Å². The molecule has 0 unspecified atom stereocenters. The van der Waals surface area contributed by atoms with Crippen LogP contribution in [-0.2, 0) is 0 Å². The summed E-state index contributed by atoms with van der Waals surface area (Å²) in [6.45, 7) is 0. The first-order valence-corrected chi connectivity index (χ1v) is 18.8. The average Bonchev–Trinajstić information content (AvgIpc) is 3.24. The summed E-state index contributed by atoms with van der Waals surface area (Å²) in [5, 5.41) is 20.6. The largest absolute Gasteiger partial charge is 0.0616 e. The maximum atomic E-state index is 2.39. The van der Waals surface area contributed by atoms with E-state index in [2.05, 4.69) is 194 Å². The summed E-state index contributed by atoms with van der Waals surface area (Å²) >= 11 is 0. The summed E-state index contributed by atoms with van der Waals surface area (Å²) in [5.41, 5.74) is 7.59. The normalized spacial score (nSPS) is 12.1. The van der Waals surface area contributed by atoms with E-state index in [4.69, 9.17) is 0 Å². The van der Waals surface area contributed by atoms with Crippen LogP contribution in [0, 0.1) is 0 Å². The first kappa shape index (κ1) is 29.5. The van der Waals surface area contributed by atoms with Crippen molar-refractivity contribution in [2.45, 2.75) is 0 Å². The lowest BCUT2D eigenvalue weighted by Gasteiger charge is -2.21. The van der Waals surface area contributed by atoms with Crippen LogP contribution in [0.4, 0.5) is 0 Å². The summed E-state index contributed by atoms with van der Waals surface area (Å²) < 4.78 is 0. The lowest BCUT2D eigenvalue weighted by Crippen LogP contribution is -1.94. The van der Waals surface area contributed by atoms with E-state index in [1.807, 2.05) is 0 Å². The molecule has 0 bridgehead atoms. The van der Waals surface area contributed by atoms with Gasteiger partial charge in [-0.1, -0.05) is 176 Å². The van der Waals surface area contributed by atoms with Gasteiger partial charge in [-0.3, -0.25) is 0 Å². The second-order valence-corrected chi connectivity index (χ2v) is 14.8. The van der Waals surface area contributed by atoms with Crippen molar-refractivity contribution < 1.29 is 0 Å². The molecule has 0 saturated carbocycles. The van der Waals surface area contributed by atoms with Crippen LogP contribution in [0.5, 0.6) is 0 Å². The number of hydrogen-bond donors (Lipinski definition) is 0. The van der Waals surface area contributed by atoms with Gasteiger partial charge in [-0.2, -0.15) is 0 Å². The van der Waals surface area contributed by atoms with Gasteiger partial charge in [0.25, 0.3) is 0 Å². The third-order valence-corrected chi connectivity index (χ3v) is 11.9. The topological polar surface area (TPSA) is 0 Å². The highest BCUT2D eigenvalue weighted by Gasteiger charge is 2.21. The highest BCUT2D eigenvalue weighted by molar-refractivity contribution is 6.32. The predicted molar refractivity (Wildman–Crippen MR) is 234 cm³/mol. The van der Waals surface area contributed by atoms with E-state index in [9.17, 15) is 0 Å². The van der Waals surface area contributed by atoms with E-state index >= 15 is 0 Å². The monoisotopic (exact) mass is 680 g/mol. The minimum Gasteiger partial charge on any atom is -0.0616 e. The highest BCUT2D eigenvalue weighted by Crippen LogP contribution is 2.49. The Balaban J connectivity index is 1.14. The molecule has 12 rings (SSSR count). The van der Waals surface area contributed by atoms with Gasteiger partial charge in [0, 0.05) is 0 Å². The van der Waals surface area contributed by atoms with Crippen LogP contribution in [-0.4, -0.2) is 0 Å². The summed E-state index contributed by atoms with van der Waals surface area (Å²) in [4.78, 5) is 0. The molecule has 0 fully saturated rings. The Bertz CT molecular complexity index is 3480. The first-order valence-electron chi connectivity index (χ1n) is 18.8. The molecule has 0 aromatic heterocycles. The van der Waals surface area contributed by atoms with E-state index in [0.29, 0.717) is 0 Å². The van der Waals surface area contributed by atoms with Crippen LogP contribution in [0.25, 0.3) is 120 Å². The third-order valence-electron chi connectivity index (χ3n) is 11.9. The molecule has 0 aliphatic heterocycles. The van der Waals surface area contributed by atoms with Gasteiger partial charge in [0.2, 0.25) is 0 Å². The maximum Gasteiger partial charge on any atom is -0.00139 e. The van der Waals surface area contributed by atoms with E-state index in [-0.39, 0.29) is 0 Å². The zero-order chi connectivity index (χ0) is 35.3. The van der Waals surface area contributed by atoms with Gasteiger partial charge in [0.1, 0.15) is 0 Å². The van der Waals surface area contributed by atoms with Crippen molar-refractivity contribution in [1.82, 2.24) is 0 Å². The van der Waals surface area contributed by atoms with Gasteiger partial charge >= 0.3 is 0 Å². The Morgan fingerprint density at radius 1 is 0.204 bits per heavy atom. The lowest BCUT2D eigenvalue weighted by molar-refractivity contribution is 1.66. The Kier molecular flexibility index (Phi) is 6.15. The fourth-order valence-corrected chi connectivity index (χ4v) is 9.44. The molecule has 248 valence electrons. The van der Waals surface area contributed by atoms with Crippen LogP contribution in [0.15, 0.2) is 194 Å². The molecule has 0 N–H and O–H groups in total. The molecule has 0 spiro atoms. The fraction of sp³-hybridized carbons (Fsp3) is 0. The van der Waals surface area contributed by atoms with Crippen molar-refractivity contribution in [3.8, 4) is 33.4 Å². The molecule has 0 amide bonds. The van der Waals surface area contributed by atoms with Gasteiger partial charge in [0.05, 0.1) is 0 Å². The molecule has 0 aliphatic carbocycles. The second-order valence-electron chi connectivity index (χ2n) is 14.8. The van der Waals surface area contributed by atoms with Crippen molar-refractivity contribution in [2.24, 2.45) is 0 Å². The number of hydrogen-bond acceptors (Lipinski definition) is 0. The van der Waals surface area contributed by atoms with Gasteiger partial charge < -0.3 is 0 Å². The van der Waals surface area contributed by atoms with Crippen LogP contribution in [0.2, 0.25) is 0 Å². The molecular weight excluding hydrogens is 649 g/mol. The van der Waals surface area contributed by atoms with E-state index in [0.717, 1.165) is 0 Å². The average molecular weight is 681 g/mol. The van der Waals surface area contributed by atoms with Crippen molar-refractivity contribution >= 4 is 86.2 Å². The van der Waals surface area contributed by atoms with Crippen molar-refractivity contribution in [2.75, 3.05) is 0 Å². The summed E-state index contributed by atoms with van der Waals surface area (Å²) in [5.74, 6) is 0. The molecule has 0 saturated heterocycles. The Morgan fingerprint density at radius 2 is 0.667 bits per heavy atom. The lowest BCUT2D eigenvalue weighted by atomic mass is 9.81. The molecule has 12 aromatic carbocycles. The zero-order valence-corrected chi connectivity index (χ0v) is 29.5. The number of benzene rings is 12. The summed E-state index contributed by atoms with van der Waals surface area (Å²) in [6, 6.07) is 72.5. The Morgan fingerprint density at radius 3 is 1.43 bits per heavy atom. The van der Waals surface area contributed by atoms with E-state index < -0.39 is 0 Å². The second kappa shape index (κ2) is 11.2.